The van der Waals surface area contributed by atoms with Gasteiger partial charge in [-0.25, -0.2) is 0 Å². The number of amides is 1. The summed E-state index contributed by atoms with van der Waals surface area (Å²) in [6.45, 7) is 4.00. The van der Waals surface area contributed by atoms with Crippen molar-refractivity contribution in [3.63, 3.8) is 0 Å². The predicted molar refractivity (Wildman–Crippen MR) is 96.7 cm³/mol. The fraction of sp³-hybridized carbons (Fsp3) is 0.400. The first-order valence-corrected chi connectivity index (χ1v) is 8.97. The van der Waals surface area contributed by atoms with E-state index in [2.05, 4.69) is 22.0 Å². The van der Waals surface area contributed by atoms with Crippen LogP contribution in [0.1, 0.15) is 34.9 Å². The van der Waals surface area contributed by atoms with Gasteiger partial charge in [-0.05, 0) is 54.8 Å². The highest BCUT2D eigenvalue weighted by molar-refractivity contribution is 5.94. The summed E-state index contributed by atoms with van der Waals surface area (Å²) in [4.78, 5) is 21.2. The van der Waals surface area contributed by atoms with Gasteiger partial charge in [0.05, 0.1) is 13.2 Å². The Kier molecular flexibility index (Phi) is 4.65. The summed E-state index contributed by atoms with van der Waals surface area (Å²) in [5.41, 5.74) is 3.03. The van der Waals surface area contributed by atoms with E-state index in [9.17, 15) is 4.79 Å². The summed E-state index contributed by atoms with van der Waals surface area (Å²) < 4.78 is 5.84. The number of rotatable bonds is 3. The van der Waals surface area contributed by atoms with Crippen LogP contribution < -0.4 is 4.90 Å². The van der Waals surface area contributed by atoms with Crippen LogP contribution in [0.15, 0.2) is 48.8 Å². The minimum Gasteiger partial charge on any atom is -0.372 e. The molecule has 2 aromatic rings. The number of aromatic nitrogens is 1. The second-order valence-electron chi connectivity index (χ2n) is 6.63. The molecule has 1 aromatic carbocycles. The summed E-state index contributed by atoms with van der Waals surface area (Å²) in [5.74, 6) is 0.0790. The summed E-state index contributed by atoms with van der Waals surface area (Å²) in [6.07, 6.45) is 5.95. The molecule has 0 N–H and O–H groups in total. The molecule has 5 heteroatoms. The molecule has 130 valence electrons. The zero-order chi connectivity index (χ0) is 17.1. The average Bonchev–Trinajstić information content (AvgIpc) is 3.23. The molecule has 0 radical (unpaired) electrons. The largest absolute Gasteiger partial charge is 0.372 e. The molecule has 2 aliphatic rings. The SMILES string of the molecule is O=C(c1ccc(N2CCCC2)cc1)N1CCO[C@H](c2ccncc2)C1. The molecule has 2 fully saturated rings. The predicted octanol–water partition coefficient (Wildman–Crippen LogP) is 2.90. The Morgan fingerprint density at radius 2 is 1.72 bits per heavy atom. The quantitative estimate of drug-likeness (QED) is 0.864. The standard InChI is InChI=1S/C20H23N3O2/c24-20(17-3-5-18(6-4-17)22-11-1-2-12-22)23-13-14-25-19(15-23)16-7-9-21-10-8-16/h3-10,19H,1-2,11-15H2/t19-/m0/s1. The molecule has 0 bridgehead atoms. The zero-order valence-electron chi connectivity index (χ0n) is 14.3. The Labute approximate surface area is 148 Å². The lowest BCUT2D eigenvalue weighted by Crippen LogP contribution is -2.42. The fourth-order valence-electron chi connectivity index (χ4n) is 3.59. The third-order valence-corrected chi connectivity index (χ3v) is 5.02. The van der Waals surface area contributed by atoms with Gasteiger partial charge in [-0.2, -0.15) is 0 Å². The van der Waals surface area contributed by atoms with Gasteiger partial charge in [0.15, 0.2) is 0 Å². The van der Waals surface area contributed by atoms with Crippen LogP contribution in [0.4, 0.5) is 5.69 Å². The van der Waals surface area contributed by atoms with Crippen molar-refractivity contribution in [3.8, 4) is 0 Å². The lowest BCUT2D eigenvalue weighted by atomic mass is 10.1. The summed E-state index contributed by atoms with van der Waals surface area (Å²) in [6, 6.07) is 11.9. The van der Waals surface area contributed by atoms with E-state index < -0.39 is 0 Å². The van der Waals surface area contributed by atoms with Crippen LogP contribution in [-0.4, -0.2) is 48.6 Å². The van der Waals surface area contributed by atoms with Gasteiger partial charge in [0.2, 0.25) is 0 Å². The van der Waals surface area contributed by atoms with Gasteiger partial charge in [0.1, 0.15) is 6.10 Å². The monoisotopic (exact) mass is 337 g/mol. The Morgan fingerprint density at radius 3 is 2.44 bits per heavy atom. The van der Waals surface area contributed by atoms with Crippen LogP contribution in [0.5, 0.6) is 0 Å². The van der Waals surface area contributed by atoms with Crippen molar-refractivity contribution >= 4 is 11.6 Å². The van der Waals surface area contributed by atoms with Gasteiger partial charge >= 0.3 is 0 Å². The lowest BCUT2D eigenvalue weighted by Gasteiger charge is -2.33. The Morgan fingerprint density at radius 1 is 1.00 bits per heavy atom. The minimum absolute atomic E-state index is 0.0790. The minimum atomic E-state index is -0.0791. The number of hydrogen-bond donors (Lipinski definition) is 0. The van der Waals surface area contributed by atoms with Crippen molar-refractivity contribution < 1.29 is 9.53 Å². The summed E-state index contributed by atoms with van der Waals surface area (Å²) in [7, 11) is 0. The molecule has 0 aliphatic carbocycles. The molecule has 0 unspecified atom stereocenters. The molecule has 0 spiro atoms. The van der Waals surface area contributed by atoms with Crippen LogP contribution in [0.2, 0.25) is 0 Å². The number of anilines is 1. The van der Waals surface area contributed by atoms with Gasteiger partial charge in [0, 0.05) is 43.3 Å². The first-order chi connectivity index (χ1) is 12.3. The summed E-state index contributed by atoms with van der Waals surface area (Å²) >= 11 is 0. The van der Waals surface area contributed by atoms with Crippen molar-refractivity contribution in [1.29, 1.82) is 0 Å². The second-order valence-corrected chi connectivity index (χ2v) is 6.63. The lowest BCUT2D eigenvalue weighted by molar-refractivity contribution is -0.0228. The maximum atomic E-state index is 12.9. The molecular formula is C20H23N3O2. The number of morpholine rings is 1. The topological polar surface area (TPSA) is 45.7 Å². The first kappa shape index (κ1) is 16.1. The normalized spacial score (nSPS) is 20.7. The fourth-order valence-corrected chi connectivity index (χ4v) is 3.59. The van der Waals surface area contributed by atoms with E-state index in [1.54, 1.807) is 12.4 Å². The number of pyridine rings is 1. The Hall–Kier alpha value is -2.40. The van der Waals surface area contributed by atoms with E-state index in [0.717, 1.165) is 24.2 Å². The molecule has 1 amide bonds. The zero-order valence-corrected chi connectivity index (χ0v) is 14.3. The number of nitrogens with zero attached hydrogens (tertiary/aromatic N) is 3. The van der Waals surface area contributed by atoms with Crippen molar-refractivity contribution in [2.75, 3.05) is 37.7 Å². The van der Waals surface area contributed by atoms with Crippen molar-refractivity contribution in [2.24, 2.45) is 0 Å². The summed E-state index contributed by atoms with van der Waals surface area (Å²) in [5, 5.41) is 0. The molecule has 1 aromatic heterocycles. The van der Waals surface area contributed by atoms with Gasteiger partial charge in [-0.3, -0.25) is 9.78 Å². The van der Waals surface area contributed by atoms with Crippen molar-refractivity contribution in [1.82, 2.24) is 9.88 Å². The van der Waals surface area contributed by atoms with Crippen LogP contribution in [0, 0.1) is 0 Å². The van der Waals surface area contributed by atoms with Gasteiger partial charge in [-0.15, -0.1) is 0 Å². The molecular weight excluding hydrogens is 314 g/mol. The molecule has 0 saturated carbocycles. The molecule has 25 heavy (non-hydrogen) atoms. The number of carbonyl (C=O) groups excluding carboxylic acids is 1. The molecule has 5 nitrogen and oxygen atoms in total. The van der Waals surface area contributed by atoms with E-state index in [1.165, 1.54) is 18.5 Å². The van der Waals surface area contributed by atoms with Crippen LogP contribution in [0.25, 0.3) is 0 Å². The van der Waals surface area contributed by atoms with E-state index in [1.807, 2.05) is 29.2 Å². The first-order valence-electron chi connectivity index (χ1n) is 8.97. The number of ether oxygens (including phenoxy) is 1. The van der Waals surface area contributed by atoms with Crippen LogP contribution in [-0.2, 0) is 4.74 Å². The number of hydrogen-bond acceptors (Lipinski definition) is 4. The smallest absolute Gasteiger partial charge is 0.254 e. The second kappa shape index (κ2) is 7.23. The molecule has 1 atom stereocenters. The van der Waals surface area contributed by atoms with Gasteiger partial charge in [-0.1, -0.05) is 0 Å². The van der Waals surface area contributed by atoms with E-state index in [-0.39, 0.29) is 12.0 Å². The highest BCUT2D eigenvalue weighted by Gasteiger charge is 2.26. The van der Waals surface area contributed by atoms with E-state index >= 15 is 0 Å². The molecule has 4 rings (SSSR count). The number of carbonyl (C=O) groups is 1. The third-order valence-electron chi connectivity index (χ3n) is 5.02. The number of benzene rings is 1. The maximum absolute atomic E-state index is 12.9. The van der Waals surface area contributed by atoms with Crippen LogP contribution in [0.3, 0.4) is 0 Å². The Bertz CT molecular complexity index is 711. The Balaban J connectivity index is 1.44. The average molecular weight is 337 g/mol. The van der Waals surface area contributed by atoms with Gasteiger partial charge < -0.3 is 14.5 Å². The van der Waals surface area contributed by atoms with E-state index in [0.29, 0.717) is 19.7 Å². The molecule has 2 saturated heterocycles. The van der Waals surface area contributed by atoms with Crippen molar-refractivity contribution in [2.45, 2.75) is 18.9 Å². The van der Waals surface area contributed by atoms with E-state index in [4.69, 9.17) is 4.74 Å². The third kappa shape index (κ3) is 3.51. The molecule has 2 aliphatic heterocycles. The van der Waals surface area contributed by atoms with Crippen molar-refractivity contribution in [3.05, 3.63) is 59.9 Å². The highest BCUT2D eigenvalue weighted by atomic mass is 16.5. The van der Waals surface area contributed by atoms with Crippen LogP contribution >= 0.6 is 0 Å². The maximum Gasteiger partial charge on any atom is 0.254 e. The van der Waals surface area contributed by atoms with Gasteiger partial charge in [0.25, 0.3) is 5.91 Å². The highest BCUT2D eigenvalue weighted by Crippen LogP contribution is 2.24. The molecule has 3 heterocycles.